The molecule has 0 aliphatic carbocycles. The van der Waals surface area contributed by atoms with Gasteiger partial charge in [-0.3, -0.25) is 0 Å². The summed E-state index contributed by atoms with van der Waals surface area (Å²) in [7, 11) is 0. The van der Waals surface area contributed by atoms with Gasteiger partial charge >= 0.3 is 104 Å². The Morgan fingerprint density at radius 2 is 1.81 bits per heavy atom. The molecule has 0 N–H and O–H groups in total. The van der Waals surface area contributed by atoms with Gasteiger partial charge in [-0.25, -0.2) is 0 Å². The third-order valence-corrected chi connectivity index (χ3v) is 4.40. The van der Waals surface area contributed by atoms with Gasteiger partial charge in [-0.05, 0) is 0 Å². The van der Waals surface area contributed by atoms with Crippen LogP contribution in [-0.2, 0) is 0 Å². The SMILES string of the molecule is O=C(C[I-]c1ccccn1)c1ccccn1. The quantitative estimate of drug-likeness (QED) is 0.301. The van der Waals surface area contributed by atoms with E-state index in [4.69, 9.17) is 0 Å². The molecule has 0 bridgehead atoms. The molecule has 0 amide bonds. The van der Waals surface area contributed by atoms with Gasteiger partial charge in [0.2, 0.25) is 0 Å². The monoisotopic (exact) mass is 325 g/mol. The maximum atomic E-state index is 11.8. The number of halogens is 1. The second-order valence-corrected chi connectivity index (χ2v) is 5.69. The number of carbonyl (C=O) groups excluding carboxylic acids is 1. The summed E-state index contributed by atoms with van der Waals surface area (Å²) in [5.74, 6) is 0.110. The molecule has 0 aliphatic rings. The molecule has 2 aromatic rings. The summed E-state index contributed by atoms with van der Waals surface area (Å²) in [6.45, 7) is 0. The van der Waals surface area contributed by atoms with Crippen LogP contribution >= 0.6 is 0 Å². The summed E-state index contributed by atoms with van der Waals surface area (Å²) >= 11 is -0.340. The third-order valence-electron chi connectivity index (χ3n) is 1.90. The first-order chi connectivity index (χ1) is 7.86. The van der Waals surface area contributed by atoms with Crippen molar-refractivity contribution in [2.75, 3.05) is 4.43 Å². The number of aromatic nitrogens is 2. The maximum absolute atomic E-state index is 11.8. The third kappa shape index (κ3) is 3.10. The van der Waals surface area contributed by atoms with Gasteiger partial charge in [0.1, 0.15) is 0 Å². The Kier molecular flexibility index (Phi) is 3.98. The summed E-state index contributed by atoms with van der Waals surface area (Å²) < 4.78 is 1.61. The van der Waals surface area contributed by atoms with Crippen LogP contribution in [0.2, 0.25) is 0 Å². The van der Waals surface area contributed by atoms with Crippen molar-refractivity contribution >= 4 is 5.78 Å². The summed E-state index contributed by atoms with van der Waals surface area (Å²) in [5.41, 5.74) is 0.554. The predicted molar refractivity (Wildman–Crippen MR) is 56.4 cm³/mol. The van der Waals surface area contributed by atoms with Gasteiger partial charge in [0.15, 0.2) is 0 Å². The van der Waals surface area contributed by atoms with Crippen molar-refractivity contribution in [3.8, 4) is 0 Å². The van der Waals surface area contributed by atoms with E-state index in [0.717, 1.165) is 3.70 Å². The Bertz CT molecular complexity index is 459. The number of nitrogens with zero attached hydrogens (tertiary/aromatic N) is 2. The topological polar surface area (TPSA) is 42.9 Å². The van der Waals surface area contributed by atoms with Crippen LogP contribution in [-0.4, -0.2) is 20.2 Å². The van der Waals surface area contributed by atoms with E-state index in [1.807, 2.05) is 30.3 Å². The number of ketones is 1. The van der Waals surface area contributed by atoms with Crippen molar-refractivity contribution in [1.29, 1.82) is 0 Å². The zero-order valence-corrected chi connectivity index (χ0v) is 10.7. The number of hydrogen-bond acceptors (Lipinski definition) is 3. The minimum atomic E-state index is -0.340. The molecule has 0 saturated heterocycles. The van der Waals surface area contributed by atoms with E-state index < -0.39 is 0 Å². The van der Waals surface area contributed by atoms with Gasteiger partial charge in [-0.15, -0.1) is 0 Å². The normalized spacial score (nSPS) is 10.2. The zero-order valence-electron chi connectivity index (χ0n) is 8.51. The Labute approximate surface area is 104 Å². The molecule has 0 radical (unpaired) electrons. The van der Waals surface area contributed by atoms with Crippen LogP contribution in [0.15, 0.2) is 48.8 Å². The summed E-state index contributed by atoms with van der Waals surface area (Å²) in [6, 6.07) is 11.2. The van der Waals surface area contributed by atoms with Gasteiger partial charge in [-0.2, -0.15) is 0 Å². The van der Waals surface area contributed by atoms with Crippen LogP contribution in [0.3, 0.4) is 0 Å². The fourth-order valence-electron chi connectivity index (χ4n) is 1.15. The van der Waals surface area contributed by atoms with Crippen molar-refractivity contribution in [3.63, 3.8) is 0 Å². The predicted octanol–water partition coefficient (Wildman–Crippen LogP) is -1.38. The molecule has 2 rings (SSSR count). The Hall–Kier alpha value is -1.30. The Morgan fingerprint density at radius 1 is 1.06 bits per heavy atom. The van der Waals surface area contributed by atoms with Crippen LogP contribution in [0.5, 0.6) is 0 Å². The average Bonchev–Trinajstić information content (AvgIpc) is 2.38. The van der Waals surface area contributed by atoms with Crippen LogP contribution in [0.1, 0.15) is 10.5 Å². The fourth-order valence-corrected chi connectivity index (χ4v) is 3.09. The van der Waals surface area contributed by atoms with Gasteiger partial charge in [0, 0.05) is 0 Å². The molecule has 82 valence electrons. The number of rotatable bonds is 4. The summed E-state index contributed by atoms with van der Waals surface area (Å²) in [5, 5.41) is 0. The van der Waals surface area contributed by atoms with Crippen LogP contribution in [0.25, 0.3) is 0 Å². The van der Waals surface area contributed by atoms with Gasteiger partial charge in [0.25, 0.3) is 0 Å². The second kappa shape index (κ2) is 5.69. The number of alkyl halides is 1. The Balaban J connectivity index is 1.95. The van der Waals surface area contributed by atoms with E-state index in [2.05, 4.69) is 9.97 Å². The first-order valence-electron chi connectivity index (χ1n) is 4.80. The van der Waals surface area contributed by atoms with Gasteiger partial charge < -0.3 is 0 Å². The number of Topliss-reactive ketones (excluding diaryl/α,β-unsaturated/α-hetero) is 1. The second-order valence-electron chi connectivity index (χ2n) is 3.06. The first-order valence-corrected chi connectivity index (χ1v) is 7.41. The molecule has 0 aromatic carbocycles. The van der Waals surface area contributed by atoms with Crippen LogP contribution in [0, 0.1) is 3.70 Å². The zero-order chi connectivity index (χ0) is 11.2. The minimum absolute atomic E-state index is 0.110. The van der Waals surface area contributed by atoms with Gasteiger partial charge in [-0.1, -0.05) is 0 Å². The molecule has 0 aliphatic heterocycles. The molecular weight excluding hydrogens is 315 g/mol. The molecule has 0 fully saturated rings. The fraction of sp³-hybridized carbons (Fsp3) is 0.0833. The van der Waals surface area contributed by atoms with Crippen molar-refractivity contribution in [3.05, 3.63) is 58.2 Å². The van der Waals surface area contributed by atoms with Crippen molar-refractivity contribution in [2.45, 2.75) is 0 Å². The first kappa shape index (κ1) is 11.2. The Morgan fingerprint density at radius 3 is 2.44 bits per heavy atom. The molecule has 0 atom stereocenters. The molecule has 0 saturated carbocycles. The molecule has 4 heteroatoms. The number of hydrogen-bond donors (Lipinski definition) is 0. The molecule has 0 spiro atoms. The molecule has 3 nitrogen and oxygen atoms in total. The average molecular weight is 325 g/mol. The summed E-state index contributed by atoms with van der Waals surface area (Å²) in [4.78, 5) is 20.0. The van der Waals surface area contributed by atoms with Crippen molar-refractivity contribution in [2.24, 2.45) is 0 Å². The van der Waals surface area contributed by atoms with E-state index in [-0.39, 0.29) is 27.0 Å². The molecular formula is C12H10IN2O-. The van der Waals surface area contributed by atoms with E-state index >= 15 is 0 Å². The molecule has 2 aromatic heterocycles. The van der Waals surface area contributed by atoms with E-state index in [0.29, 0.717) is 10.1 Å². The molecule has 0 unspecified atom stereocenters. The van der Waals surface area contributed by atoms with Crippen molar-refractivity contribution in [1.82, 2.24) is 9.97 Å². The molecule has 2 heterocycles. The van der Waals surface area contributed by atoms with E-state index in [1.165, 1.54) is 0 Å². The summed E-state index contributed by atoms with van der Waals surface area (Å²) in [6.07, 6.45) is 3.41. The van der Waals surface area contributed by atoms with Crippen LogP contribution in [0.4, 0.5) is 0 Å². The number of pyridine rings is 2. The van der Waals surface area contributed by atoms with E-state index in [1.54, 1.807) is 18.5 Å². The van der Waals surface area contributed by atoms with Crippen molar-refractivity contribution < 1.29 is 26.0 Å². The van der Waals surface area contributed by atoms with Gasteiger partial charge in [0.05, 0.1) is 0 Å². The van der Waals surface area contributed by atoms with Crippen LogP contribution < -0.4 is 21.2 Å². The molecule has 16 heavy (non-hydrogen) atoms. The van der Waals surface area contributed by atoms with E-state index in [9.17, 15) is 4.79 Å². The number of carbonyl (C=O) groups is 1. The standard InChI is InChI=1S/C12H10IN2O/c16-11(10-5-1-3-7-14-10)9-13-12-6-2-4-8-15-12/h1-8H,9H2/q-1.